The molecule has 7 heteroatoms. The Kier molecular flexibility index (Phi) is 5.64. The van der Waals surface area contributed by atoms with Gasteiger partial charge in [0, 0.05) is 50.2 Å². The van der Waals surface area contributed by atoms with Gasteiger partial charge < -0.3 is 9.64 Å². The van der Waals surface area contributed by atoms with E-state index in [4.69, 9.17) is 9.72 Å². The number of rotatable bonds is 5. The number of carbonyl (C=O) groups is 1. The molecule has 7 nitrogen and oxygen atoms in total. The van der Waals surface area contributed by atoms with Crippen molar-refractivity contribution in [2.45, 2.75) is 39.4 Å². The van der Waals surface area contributed by atoms with Crippen LogP contribution in [-0.2, 0) is 29.0 Å². The number of morpholine rings is 1. The van der Waals surface area contributed by atoms with Crippen molar-refractivity contribution in [3.05, 3.63) is 53.4 Å². The fourth-order valence-corrected chi connectivity index (χ4v) is 3.87. The number of aromatic nitrogens is 3. The molecule has 4 rings (SSSR count). The van der Waals surface area contributed by atoms with Gasteiger partial charge in [-0.1, -0.05) is 19.9 Å². The molecule has 0 N–H and O–H groups in total. The van der Waals surface area contributed by atoms with Crippen LogP contribution in [0.4, 0.5) is 0 Å². The van der Waals surface area contributed by atoms with E-state index in [0.29, 0.717) is 32.2 Å². The number of ether oxygens (including phenoxy) is 1. The molecule has 0 unspecified atom stereocenters. The molecule has 0 aromatic carbocycles. The first kappa shape index (κ1) is 19.0. The summed E-state index contributed by atoms with van der Waals surface area (Å²) in [6.07, 6.45) is 6.28. The number of fused-ring (bicyclic) bond motifs is 1. The van der Waals surface area contributed by atoms with Gasteiger partial charge in [-0.15, -0.1) is 0 Å². The number of nitrogens with zero attached hydrogens (tertiary/aromatic N) is 5. The van der Waals surface area contributed by atoms with E-state index in [1.807, 2.05) is 23.2 Å². The van der Waals surface area contributed by atoms with Gasteiger partial charge in [0.1, 0.15) is 11.9 Å². The topological polar surface area (TPSA) is 71.5 Å². The van der Waals surface area contributed by atoms with Gasteiger partial charge in [-0.25, -0.2) is 9.97 Å². The summed E-state index contributed by atoms with van der Waals surface area (Å²) in [6.45, 7) is 8.21. The minimum Gasteiger partial charge on any atom is -0.379 e. The molecule has 0 aliphatic carbocycles. The molecule has 4 heterocycles. The third-order valence-electron chi connectivity index (χ3n) is 5.25. The molecule has 148 valence electrons. The van der Waals surface area contributed by atoms with Crippen molar-refractivity contribution < 1.29 is 9.53 Å². The molecular weight excluding hydrogens is 354 g/mol. The lowest BCUT2D eigenvalue weighted by Crippen LogP contribution is -2.46. The Bertz CT molecular complexity index is 821. The van der Waals surface area contributed by atoms with Gasteiger partial charge in [0.25, 0.3) is 0 Å². The van der Waals surface area contributed by atoms with Crippen LogP contribution in [0.1, 0.15) is 42.5 Å². The van der Waals surface area contributed by atoms with Crippen LogP contribution in [0, 0.1) is 5.92 Å². The summed E-state index contributed by atoms with van der Waals surface area (Å²) in [6, 6.07) is 3.53. The average Bonchev–Trinajstić information content (AvgIpc) is 3.13. The Morgan fingerprint density at radius 2 is 2.04 bits per heavy atom. The molecular formula is C21H27N5O2. The standard InChI is InChI=1S/C21H27N5O2/c1-15(2)10-19-23-12-17-13-26(14-18(17)24-19)21(27)20(16-4-3-5-22-11-16)25-6-8-28-9-7-25/h3-5,11-12,15,20H,6-10,13-14H2,1-2H3/t20-/m1/s1. The van der Waals surface area contributed by atoms with E-state index in [1.165, 1.54) is 0 Å². The van der Waals surface area contributed by atoms with Crippen LogP contribution in [0.25, 0.3) is 0 Å². The van der Waals surface area contributed by atoms with E-state index in [0.717, 1.165) is 42.2 Å². The fourth-order valence-electron chi connectivity index (χ4n) is 3.87. The Morgan fingerprint density at radius 1 is 1.21 bits per heavy atom. The number of amides is 1. The monoisotopic (exact) mass is 381 g/mol. The molecule has 1 saturated heterocycles. The third-order valence-corrected chi connectivity index (χ3v) is 5.25. The first-order valence-corrected chi connectivity index (χ1v) is 9.96. The maximum absolute atomic E-state index is 13.5. The zero-order valence-corrected chi connectivity index (χ0v) is 16.5. The Hall–Kier alpha value is -2.38. The number of hydrogen-bond donors (Lipinski definition) is 0. The van der Waals surface area contributed by atoms with Crippen molar-refractivity contribution in [1.82, 2.24) is 24.8 Å². The van der Waals surface area contributed by atoms with Gasteiger partial charge in [0.15, 0.2) is 0 Å². The van der Waals surface area contributed by atoms with E-state index in [9.17, 15) is 4.79 Å². The molecule has 1 fully saturated rings. The quantitative estimate of drug-likeness (QED) is 0.789. The largest absolute Gasteiger partial charge is 0.379 e. The first-order chi connectivity index (χ1) is 13.6. The highest BCUT2D eigenvalue weighted by molar-refractivity contribution is 5.83. The summed E-state index contributed by atoms with van der Waals surface area (Å²) in [5, 5.41) is 0. The number of hydrogen-bond acceptors (Lipinski definition) is 6. The summed E-state index contributed by atoms with van der Waals surface area (Å²) in [5.41, 5.74) is 2.95. The molecule has 1 amide bonds. The zero-order valence-electron chi connectivity index (χ0n) is 16.5. The van der Waals surface area contributed by atoms with Crippen LogP contribution in [0.3, 0.4) is 0 Å². The molecule has 2 aromatic rings. The maximum Gasteiger partial charge on any atom is 0.245 e. The second-order valence-corrected chi connectivity index (χ2v) is 7.89. The van der Waals surface area contributed by atoms with E-state index >= 15 is 0 Å². The summed E-state index contributed by atoms with van der Waals surface area (Å²) in [7, 11) is 0. The summed E-state index contributed by atoms with van der Waals surface area (Å²) >= 11 is 0. The second-order valence-electron chi connectivity index (χ2n) is 7.89. The highest BCUT2D eigenvalue weighted by atomic mass is 16.5. The minimum absolute atomic E-state index is 0.0957. The number of pyridine rings is 1. The van der Waals surface area contributed by atoms with Crippen molar-refractivity contribution in [2.24, 2.45) is 5.92 Å². The SMILES string of the molecule is CC(C)Cc1ncc2c(n1)CN(C(=O)[C@@H](c1cccnc1)N1CCOCC1)C2. The second kappa shape index (κ2) is 8.32. The minimum atomic E-state index is -0.338. The molecule has 28 heavy (non-hydrogen) atoms. The number of carbonyl (C=O) groups excluding carboxylic acids is 1. The molecule has 2 aliphatic heterocycles. The first-order valence-electron chi connectivity index (χ1n) is 9.96. The lowest BCUT2D eigenvalue weighted by atomic mass is 10.1. The molecule has 0 saturated carbocycles. The summed E-state index contributed by atoms with van der Waals surface area (Å²) in [5.74, 6) is 1.46. The van der Waals surface area contributed by atoms with Crippen LogP contribution in [0.5, 0.6) is 0 Å². The van der Waals surface area contributed by atoms with Crippen molar-refractivity contribution in [2.75, 3.05) is 26.3 Å². The predicted octanol–water partition coefficient (Wildman–Crippen LogP) is 1.99. The van der Waals surface area contributed by atoms with Crippen LogP contribution >= 0.6 is 0 Å². The van der Waals surface area contributed by atoms with Gasteiger partial charge >= 0.3 is 0 Å². The molecule has 1 atom stereocenters. The van der Waals surface area contributed by atoms with E-state index in [2.05, 4.69) is 28.7 Å². The van der Waals surface area contributed by atoms with E-state index in [1.54, 1.807) is 12.4 Å². The summed E-state index contributed by atoms with van der Waals surface area (Å²) < 4.78 is 5.49. The molecule has 0 radical (unpaired) electrons. The van der Waals surface area contributed by atoms with Crippen molar-refractivity contribution in [1.29, 1.82) is 0 Å². The predicted molar refractivity (Wildman–Crippen MR) is 104 cm³/mol. The van der Waals surface area contributed by atoms with Gasteiger partial charge in [0.2, 0.25) is 5.91 Å². The molecule has 2 aliphatic rings. The maximum atomic E-state index is 13.5. The highest BCUT2D eigenvalue weighted by Gasteiger charge is 2.35. The lowest BCUT2D eigenvalue weighted by molar-refractivity contribution is -0.139. The smallest absolute Gasteiger partial charge is 0.245 e. The summed E-state index contributed by atoms with van der Waals surface area (Å²) in [4.78, 5) is 31.1. The van der Waals surface area contributed by atoms with Gasteiger partial charge in [-0.2, -0.15) is 0 Å². The average molecular weight is 381 g/mol. The van der Waals surface area contributed by atoms with Crippen molar-refractivity contribution >= 4 is 5.91 Å². The van der Waals surface area contributed by atoms with Crippen LogP contribution in [0.15, 0.2) is 30.7 Å². The van der Waals surface area contributed by atoms with Gasteiger partial charge in [-0.05, 0) is 17.5 Å². The molecule has 0 spiro atoms. The van der Waals surface area contributed by atoms with Gasteiger partial charge in [0.05, 0.1) is 25.5 Å². The van der Waals surface area contributed by atoms with Crippen molar-refractivity contribution in [3.8, 4) is 0 Å². The van der Waals surface area contributed by atoms with Crippen LogP contribution < -0.4 is 0 Å². The van der Waals surface area contributed by atoms with Gasteiger partial charge in [-0.3, -0.25) is 14.7 Å². The molecule has 0 bridgehead atoms. The Morgan fingerprint density at radius 3 is 2.75 bits per heavy atom. The Labute approximate surface area is 165 Å². The van der Waals surface area contributed by atoms with E-state index in [-0.39, 0.29) is 11.9 Å². The van der Waals surface area contributed by atoms with E-state index < -0.39 is 0 Å². The Balaban J connectivity index is 1.55. The fraction of sp³-hybridized carbons (Fsp3) is 0.524. The molecule has 2 aromatic heterocycles. The lowest BCUT2D eigenvalue weighted by Gasteiger charge is -2.35. The van der Waals surface area contributed by atoms with Crippen LogP contribution in [-0.4, -0.2) is 57.0 Å². The third kappa shape index (κ3) is 4.05. The zero-order chi connectivity index (χ0) is 19.5. The van der Waals surface area contributed by atoms with Crippen LogP contribution in [0.2, 0.25) is 0 Å². The normalized spacial score (nSPS) is 18.3. The van der Waals surface area contributed by atoms with Crippen molar-refractivity contribution in [3.63, 3.8) is 0 Å². The highest BCUT2D eigenvalue weighted by Crippen LogP contribution is 2.29.